The molecule has 1 N–H and O–H groups in total. The average Bonchev–Trinajstić information content (AvgIpc) is 3.16. The fourth-order valence-electron chi connectivity index (χ4n) is 2.95. The van der Waals surface area contributed by atoms with Crippen molar-refractivity contribution in [1.29, 1.82) is 0 Å². The van der Waals surface area contributed by atoms with Crippen LogP contribution in [0.3, 0.4) is 0 Å². The van der Waals surface area contributed by atoms with Crippen molar-refractivity contribution in [2.45, 2.75) is 24.9 Å². The first-order valence-electron chi connectivity index (χ1n) is 9.42. The predicted molar refractivity (Wildman–Crippen MR) is 123 cm³/mol. The van der Waals surface area contributed by atoms with Crippen molar-refractivity contribution in [3.63, 3.8) is 0 Å². The lowest BCUT2D eigenvalue weighted by Crippen LogP contribution is -2.27. The van der Waals surface area contributed by atoms with E-state index in [0.29, 0.717) is 11.6 Å². The molecular formula is C22H23ClN2O4S2. The maximum absolute atomic E-state index is 13.0. The second kappa shape index (κ2) is 9.82. The Labute approximate surface area is 191 Å². The summed E-state index contributed by atoms with van der Waals surface area (Å²) in [5.41, 5.74) is 2.14. The minimum atomic E-state index is -3.93. The van der Waals surface area contributed by atoms with Crippen LogP contribution in [0.2, 0.25) is 5.02 Å². The van der Waals surface area contributed by atoms with E-state index in [-0.39, 0.29) is 28.7 Å². The lowest BCUT2D eigenvalue weighted by atomic mass is 10.2. The van der Waals surface area contributed by atoms with Crippen LogP contribution in [0.4, 0.5) is 0 Å². The van der Waals surface area contributed by atoms with E-state index in [1.807, 2.05) is 18.4 Å². The highest BCUT2D eigenvalue weighted by Gasteiger charge is 2.23. The smallest absolute Gasteiger partial charge is 0.253 e. The number of aryl methyl sites for hydroxylation is 1. The van der Waals surface area contributed by atoms with E-state index in [2.05, 4.69) is 4.72 Å². The van der Waals surface area contributed by atoms with E-state index in [0.717, 1.165) is 16.0 Å². The van der Waals surface area contributed by atoms with Gasteiger partial charge in [-0.25, -0.2) is 13.1 Å². The number of nitrogens with zero attached hydrogens (tertiary/aromatic N) is 1. The summed E-state index contributed by atoms with van der Waals surface area (Å²) in [6, 6.07) is 13.3. The van der Waals surface area contributed by atoms with E-state index in [4.69, 9.17) is 16.3 Å². The minimum absolute atomic E-state index is 0.0817. The molecule has 0 aliphatic rings. The van der Waals surface area contributed by atoms with Crippen molar-refractivity contribution in [3.05, 3.63) is 80.5 Å². The van der Waals surface area contributed by atoms with Crippen molar-refractivity contribution >= 4 is 38.9 Å². The summed E-state index contributed by atoms with van der Waals surface area (Å²) >= 11 is 7.45. The van der Waals surface area contributed by atoms with E-state index >= 15 is 0 Å². The second-order valence-corrected chi connectivity index (χ2v) is 10.2. The fourth-order valence-corrected chi connectivity index (χ4v) is 5.25. The molecule has 9 heteroatoms. The zero-order valence-electron chi connectivity index (χ0n) is 17.4. The van der Waals surface area contributed by atoms with E-state index < -0.39 is 10.0 Å². The van der Waals surface area contributed by atoms with E-state index in [9.17, 15) is 13.2 Å². The number of hydrogen-bond donors (Lipinski definition) is 1. The van der Waals surface area contributed by atoms with Crippen LogP contribution in [0.25, 0.3) is 0 Å². The standard InChI is InChI=1S/C22H23ClN2O4S2/c1-15-10-11-30-20(15)14-25(2)22(26)17-6-9-19(29-3)21(12-17)31(27,28)24-13-16-4-7-18(23)8-5-16/h4-12,24H,13-14H2,1-3H3. The first kappa shape index (κ1) is 23.3. The molecule has 0 spiro atoms. The van der Waals surface area contributed by atoms with Gasteiger partial charge >= 0.3 is 0 Å². The Morgan fingerprint density at radius 3 is 2.48 bits per heavy atom. The third kappa shape index (κ3) is 5.65. The molecular weight excluding hydrogens is 456 g/mol. The van der Waals surface area contributed by atoms with Crippen molar-refractivity contribution < 1.29 is 17.9 Å². The van der Waals surface area contributed by atoms with Gasteiger partial charge in [-0.2, -0.15) is 0 Å². The monoisotopic (exact) mass is 478 g/mol. The Morgan fingerprint density at radius 2 is 1.87 bits per heavy atom. The lowest BCUT2D eigenvalue weighted by molar-refractivity contribution is 0.0786. The zero-order valence-corrected chi connectivity index (χ0v) is 19.8. The molecule has 1 heterocycles. The number of halogens is 1. The van der Waals surface area contributed by atoms with E-state index in [1.165, 1.54) is 19.2 Å². The zero-order chi connectivity index (χ0) is 22.6. The van der Waals surface area contributed by atoms with Gasteiger partial charge in [-0.05, 0) is 59.8 Å². The number of sulfonamides is 1. The van der Waals surface area contributed by atoms with Gasteiger partial charge in [0.1, 0.15) is 10.6 Å². The molecule has 0 bridgehead atoms. The number of rotatable bonds is 8. The molecule has 3 rings (SSSR count). The van der Waals surface area contributed by atoms with Gasteiger partial charge in [0.05, 0.1) is 13.7 Å². The number of methoxy groups -OCH3 is 1. The van der Waals surface area contributed by atoms with Gasteiger partial charge in [0.25, 0.3) is 5.91 Å². The molecule has 0 aliphatic heterocycles. The summed E-state index contributed by atoms with van der Waals surface area (Å²) in [4.78, 5) is 15.5. The van der Waals surface area contributed by atoms with Crippen LogP contribution in [0, 0.1) is 6.92 Å². The summed E-state index contributed by atoms with van der Waals surface area (Å²) < 4.78 is 33.7. The molecule has 0 saturated heterocycles. The second-order valence-electron chi connectivity index (χ2n) is 7.00. The number of nitrogens with one attached hydrogen (secondary N) is 1. The number of amides is 1. The largest absolute Gasteiger partial charge is 0.495 e. The molecule has 0 saturated carbocycles. The van der Waals surface area contributed by atoms with Crippen LogP contribution in [-0.4, -0.2) is 33.4 Å². The van der Waals surface area contributed by atoms with Gasteiger partial charge in [0.15, 0.2) is 0 Å². The van der Waals surface area contributed by atoms with Gasteiger partial charge < -0.3 is 9.64 Å². The van der Waals surface area contributed by atoms with Gasteiger partial charge in [-0.1, -0.05) is 23.7 Å². The number of carbonyl (C=O) groups is 1. The summed E-state index contributed by atoms with van der Waals surface area (Å²) in [5.74, 6) is -0.110. The third-order valence-corrected chi connectivity index (χ3v) is 7.46. The number of hydrogen-bond acceptors (Lipinski definition) is 5. The summed E-state index contributed by atoms with van der Waals surface area (Å²) in [7, 11) is -0.844. The van der Waals surface area contributed by atoms with Crippen LogP contribution in [0.1, 0.15) is 26.4 Å². The molecule has 0 atom stereocenters. The van der Waals surface area contributed by atoms with E-state index in [1.54, 1.807) is 53.6 Å². The first-order valence-corrected chi connectivity index (χ1v) is 12.2. The highest BCUT2D eigenvalue weighted by molar-refractivity contribution is 7.89. The van der Waals surface area contributed by atoms with Crippen LogP contribution in [-0.2, 0) is 23.1 Å². The highest BCUT2D eigenvalue weighted by Crippen LogP contribution is 2.26. The third-order valence-electron chi connectivity index (χ3n) is 4.78. The molecule has 0 radical (unpaired) electrons. The molecule has 0 unspecified atom stereocenters. The Kier molecular flexibility index (Phi) is 7.38. The average molecular weight is 479 g/mol. The number of thiophene rings is 1. The molecule has 1 aromatic heterocycles. The number of benzene rings is 2. The molecule has 0 aliphatic carbocycles. The van der Waals surface area contributed by atoms with Crippen molar-refractivity contribution in [1.82, 2.24) is 9.62 Å². The maximum Gasteiger partial charge on any atom is 0.253 e. The van der Waals surface area contributed by atoms with Crippen LogP contribution in [0.15, 0.2) is 58.8 Å². The maximum atomic E-state index is 13.0. The van der Waals surface area contributed by atoms with Crippen molar-refractivity contribution in [2.75, 3.05) is 14.2 Å². The SMILES string of the molecule is COc1ccc(C(=O)N(C)Cc2sccc2C)cc1S(=O)(=O)NCc1ccc(Cl)cc1. The fraction of sp³-hybridized carbons (Fsp3) is 0.227. The normalized spacial score (nSPS) is 11.4. The van der Waals surface area contributed by atoms with Gasteiger partial charge in [0.2, 0.25) is 10.0 Å². The Balaban J connectivity index is 1.82. The van der Waals surface area contributed by atoms with Crippen LogP contribution >= 0.6 is 22.9 Å². The Morgan fingerprint density at radius 1 is 1.16 bits per heavy atom. The van der Waals surface area contributed by atoms with Gasteiger partial charge in [-0.3, -0.25) is 4.79 Å². The molecule has 3 aromatic rings. The van der Waals surface area contributed by atoms with Gasteiger partial charge in [0, 0.05) is 29.1 Å². The first-order chi connectivity index (χ1) is 14.7. The molecule has 1 amide bonds. The molecule has 6 nitrogen and oxygen atoms in total. The number of ether oxygens (including phenoxy) is 1. The quantitative estimate of drug-likeness (QED) is 0.518. The Bertz CT molecular complexity index is 1170. The Hall–Kier alpha value is -2.39. The van der Waals surface area contributed by atoms with Crippen molar-refractivity contribution in [3.8, 4) is 5.75 Å². The summed E-state index contributed by atoms with van der Waals surface area (Å²) in [6.45, 7) is 2.53. The molecule has 31 heavy (non-hydrogen) atoms. The summed E-state index contributed by atoms with van der Waals surface area (Å²) in [6.07, 6.45) is 0. The number of carbonyl (C=O) groups excluding carboxylic acids is 1. The predicted octanol–water partition coefficient (Wildman–Crippen LogP) is 4.47. The summed E-state index contributed by atoms with van der Waals surface area (Å²) in [5, 5.41) is 2.55. The lowest BCUT2D eigenvalue weighted by Gasteiger charge is -2.18. The van der Waals surface area contributed by atoms with Crippen LogP contribution < -0.4 is 9.46 Å². The van der Waals surface area contributed by atoms with Gasteiger partial charge in [-0.15, -0.1) is 11.3 Å². The topological polar surface area (TPSA) is 75.7 Å². The van der Waals surface area contributed by atoms with Crippen molar-refractivity contribution in [2.24, 2.45) is 0 Å². The minimum Gasteiger partial charge on any atom is -0.495 e. The molecule has 164 valence electrons. The molecule has 0 fully saturated rings. The molecule has 2 aromatic carbocycles. The van der Waals surface area contributed by atoms with Crippen LogP contribution in [0.5, 0.6) is 5.75 Å². The highest BCUT2D eigenvalue weighted by atomic mass is 35.5.